The summed E-state index contributed by atoms with van der Waals surface area (Å²) in [7, 11) is 0. The average molecular weight is 267 g/mol. The van der Waals surface area contributed by atoms with Gasteiger partial charge in [-0.15, -0.1) is 0 Å². The molecule has 1 aliphatic rings. The van der Waals surface area contributed by atoms with Crippen LogP contribution in [-0.2, 0) is 25.7 Å². The molecule has 3 rings (SSSR count). The average Bonchev–Trinajstić information content (AvgIpc) is 2.94. The molecule has 1 N–H and O–H groups in total. The Morgan fingerprint density at radius 2 is 2.05 bits per heavy atom. The van der Waals surface area contributed by atoms with Crippen molar-refractivity contribution in [2.75, 3.05) is 0 Å². The summed E-state index contributed by atoms with van der Waals surface area (Å²) in [5, 5.41) is 10.5. The number of aryl methyl sites for hydroxylation is 3. The maximum Gasteiger partial charge on any atom is 0.0834 e. The van der Waals surface area contributed by atoms with Gasteiger partial charge in [0.05, 0.1) is 6.10 Å². The largest absolute Gasteiger partial charge is 0.388 e. The number of hydrogen-bond donors (Lipinski definition) is 1. The fraction of sp³-hybridized carbons (Fsp3) is 0.389. The molecule has 2 aromatic rings. The smallest absolute Gasteiger partial charge is 0.0834 e. The van der Waals surface area contributed by atoms with E-state index in [0.717, 1.165) is 17.5 Å². The van der Waals surface area contributed by atoms with Gasteiger partial charge >= 0.3 is 0 Å². The predicted octanol–water partition coefficient (Wildman–Crippen LogP) is 3.41. The van der Waals surface area contributed by atoms with Gasteiger partial charge in [-0.1, -0.05) is 25.1 Å². The Balaban J connectivity index is 1.80. The van der Waals surface area contributed by atoms with Crippen molar-refractivity contribution >= 4 is 0 Å². The molecule has 0 saturated heterocycles. The Hall–Kier alpha value is -1.67. The van der Waals surface area contributed by atoms with Crippen molar-refractivity contribution in [1.29, 1.82) is 0 Å². The highest BCUT2D eigenvalue weighted by Gasteiger charge is 2.15. The van der Waals surface area contributed by atoms with Crippen molar-refractivity contribution in [2.24, 2.45) is 0 Å². The molecule has 0 bridgehead atoms. The second-order valence-corrected chi connectivity index (χ2v) is 5.60. The maximum absolute atomic E-state index is 10.5. The standard InChI is InChI=1S/C18H21NO/c1-2-14-12-19-9-8-17(14)18(20)11-13-6-7-15-4-3-5-16(15)10-13/h6-10,12,18,20H,2-5,11H2,1H3. The Bertz CT molecular complexity index is 606. The molecule has 0 radical (unpaired) electrons. The van der Waals surface area contributed by atoms with Gasteiger partial charge in [0, 0.05) is 18.8 Å². The maximum atomic E-state index is 10.5. The third-order valence-electron chi connectivity index (χ3n) is 4.27. The van der Waals surface area contributed by atoms with Gasteiger partial charge in [0.2, 0.25) is 0 Å². The number of aliphatic hydroxyl groups excluding tert-OH is 1. The number of benzene rings is 1. The fourth-order valence-corrected chi connectivity index (χ4v) is 3.14. The lowest BCUT2D eigenvalue weighted by Gasteiger charge is -2.15. The number of pyridine rings is 1. The summed E-state index contributed by atoms with van der Waals surface area (Å²) in [6, 6.07) is 8.62. The van der Waals surface area contributed by atoms with Crippen molar-refractivity contribution < 1.29 is 5.11 Å². The molecule has 0 aliphatic heterocycles. The zero-order chi connectivity index (χ0) is 13.9. The Labute approximate surface area is 120 Å². The van der Waals surface area contributed by atoms with E-state index in [2.05, 4.69) is 30.1 Å². The van der Waals surface area contributed by atoms with Crippen LogP contribution in [0.2, 0.25) is 0 Å². The van der Waals surface area contributed by atoms with Gasteiger partial charge in [0.25, 0.3) is 0 Å². The van der Waals surface area contributed by atoms with E-state index in [4.69, 9.17) is 0 Å². The summed E-state index contributed by atoms with van der Waals surface area (Å²) < 4.78 is 0. The van der Waals surface area contributed by atoms with Gasteiger partial charge in [-0.3, -0.25) is 4.98 Å². The number of hydrogen-bond acceptors (Lipinski definition) is 2. The summed E-state index contributed by atoms with van der Waals surface area (Å²) in [4.78, 5) is 4.14. The lowest BCUT2D eigenvalue weighted by Crippen LogP contribution is -2.06. The molecular formula is C18H21NO. The van der Waals surface area contributed by atoms with Gasteiger partial charge in [-0.2, -0.15) is 0 Å². The second-order valence-electron chi connectivity index (χ2n) is 5.60. The lowest BCUT2D eigenvalue weighted by molar-refractivity contribution is 0.177. The number of rotatable bonds is 4. The van der Waals surface area contributed by atoms with Crippen LogP contribution in [0.3, 0.4) is 0 Å². The van der Waals surface area contributed by atoms with Gasteiger partial charge in [-0.25, -0.2) is 0 Å². The van der Waals surface area contributed by atoms with Crippen molar-refractivity contribution in [3.63, 3.8) is 0 Å². The molecule has 2 nitrogen and oxygen atoms in total. The first kappa shape index (κ1) is 13.3. The van der Waals surface area contributed by atoms with Crippen LogP contribution >= 0.6 is 0 Å². The summed E-state index contributed by atoms with van der Waals surface area (Å²) in [6.07, 6.45) is 8.45. The van der Waals surface area contributed by atoms with E-state index in [1.807, 2.05) is 12.3 Å². The zero-order valence-corrected chi connectivity index (χ0v) is 12.0. The summed E-state index contributed by atoms with van der Waals surface area (Å²) in [6.45, 7) is 2.10. The molecule has 0 saturated carbocycles. The van der Waals surface area contributed by atoms with Crippen LogP contribution in [0, 0.1) is 0 Å². The molecule has 1 aromatic heterocycles. The highest BCUT2D eigenvalue weighted by atomic mass is 16.3. The minimum atomic E-state index is -0.438. The van der Waals surface area contributed by atoms with Crippen molar-refractivity contribution in [3.8, 4) is 0 Å². The second kappa shape index (κ2) is 5.76. The molecule has 1 heterocycles. The van der Waals surface area contributed by atoms with Crippen LogP contribution in [-0.4, -0.2) is 10.1 Å². The zero-order valence-electron chi connectivity index (χ0n) is 12.0. The van der Waals surface area contributed by atoms with E-state index in [1.165, 1.54) is 36.0 Å². The monoisotopic (exact) mass is 267 g/mol. The highest BCUT2D eigenvalue weighted by molar-refractivity contribution is 5.36. The third-order valence-corrected chi connectivity index (χ3v) is 4.27. The van der Waals surface area contributed by atoms with E-state index >= 15 is 0 Å². The minimum Gasteiger partial charge on any atom is -0.388 e. The molecule has 0 spiro atoms. The van der Waals surface area contributed by atoms with Crippen molar-refractivity contribution in [2.45, 2.75) is 45.1 Å². The number of aromatic nitrogens is 1. The number of nitrogens with zero attached hydrogens (tertiary/aromatic N) is 1. The molecule has 0 amide bonds. The van der Waals surface area contributed by atoms with Crippen LogP contribution in [0.15, 0.2) is 36.7 Å². The minimum absolute atomic E-state index is 0.438. The predicted molar refractivity (Wildman–Crippen MR) is 80.7 cm³/mol. The highest BCUT2D eigenvalue weighted by Crippen LogP contribution is 2.26. The quantitative estimate of drug-likeness (QED) is 0.921. The van der Waals surface area contributed by atoms with Crippen LogP contribution in [0.5, 0.6) is 0 Å². The molecule has 0 fully saturated rings. The van der Waals surface area contributed by atoms with Gasteiger partial charge in [-0.05, 0) is 59.6 Å². The van der Waals surface area contributed by atoms with Crippen LogP contribution < -0.4 is 0 Å². The molecule has 20 heavy (non-hydrogen) atoms. The topological polar surface area (TPSA) is 33.1 Å². The number of fused-ring (bicyclic) bond motifs is 1. The molecule has 1 unspecified atom stereocenters. The molecular weight excluding hydrogens is 246 g/mol. The summed E-state index contributed by atoms with van der Waals surface area (Å²) in [5.74, 6) is 0. The molecule has 1 atom stereocenters. The van der Waals surface area contributed by atoms with E-state index in [-0.39, 0.29) is 0 Å². The molecule has 2 heteroatoms. The van der Waals surface area contributed by atoms with E-state index in [0.29, 0.717) is 6.42 Å². The van der Waals surface area contributed by atoms with Crippen molar-refractivity contribution in [3.05, 3.63) is 64.5 Å². The molecule has 1 aliphatic carbocycles. The summed E-state index contributed by atoms with van der Waals surface area (Å²) in [5.41, 5.74) is 6.35. The fourth-order valence-electron chi connectivity index (χ4n) is 3.14. The summed E-state index contributed by atoms with van der Waals surface area (Å²) >= 11 is 0. The Kier molecular flexibility index (Phi) is 3.83. The molecule has 1 aromatic carbocycles. The van der Waals surface area contributed by atoms with Gasteiger partial charge in [0.15, 0.2) is 0 Å². The van der Waals surface area contributed by atoms with Gasteiger partial charge < -0.3 is 5.11 Å². The van der Waals surface area contributed by atoms with E-state index in [1.54, 1.807) is 6.20 Å². The van der Waals surface area contributed by atoms with E-state index < -0.39 is 6.10 Å². The van der Waals surface area contributed by atoms with Crippen molar-refractivity contribution in [1.82, 2.24) is 4.98 Å². The first-order valence-electron chi connectivity index (χ1n) is 7.49. The Morgan fingerprint density at radius 1 is 1.20 bits per heavy atom. The van der Waals surface area contributed by atoms with E-state index in [9.17, 15) is 5.11 Å². The first-order chi connectivity index (χ1) is 9.78. The van der Waals surface area contributed by atoms with Gasteiger partial charge in [0.1, 0.15) is 0 Å². The van der Waals surface area contributed by atoms with Crippen LogP contribution in [0.1, 0.15) is 47.3 Å². The lowest BCUT2D eigenvalue weighted by atomic mass is 9.96. The van der Waals surface area contributed by atoms with Crippen LogP contribution in [0.25, 0.3) is 0 Å². The third kappa shape index (κ3) is 2.61. The number of aliphatic hydroxyl groups is 1. The molecule has 104 valence electrons. The Morgan fingerprint density at radius 3 is 2.90 bits per heavy atom. The normalized spacial score (nSPS) is 15.1. The van der Waals surface area contributed by atoms with Crippen LogP contribution in [0.4, 0.5) is 0 Å². The SMILES string of the molecule is CCc1cnccc1C(O)Cc1ccc2c(c1)CCC2. The first-order valence-corrected chi connectivity index (χ1v) is 7.49.